The summed E-state index contributed by atoms with van der Waals surface area (Å²) in [6, 6.07) is 1.24. The molecule has 0 spiro atoms. The van der Waals surface area contributed by atoms with Gasteiger partial charge in [0.15, 0.2) is 0 Å². The molecule has 0 aliphatic rings. The molecule has 1 aromatic rings. The van der Waals surface area contributed by atoms with Crippen LogP contribution in [0.15, 0.2) is 22.8 Å². The lowest BCUT2D eigenvalue weighted by Gasteiger charge is -2.13. The minimum atomic E-state index is -1.35. The normalized spacial score (nSPS) is 11.6. The van der Waals surface area contributed by atoms with Crippen LogP contribution in [0.25, 0.3) is 0 Å². The van der Waals surface area contributed by atoms with Gasteiger partial charge >= 0.3 is 12.0 Å². The minimum Gasteiger partial charge on any atom is -0.480 e. The number of hydrogen-bond acceptors (Lipinski definition) is 4. The number of amides is 3. The summed E-state index contributed by atoms with van der Waals surface area (Å²) in [5.74, 6) is -1.62. The molecule has 0 aromatic carbocycles. The Labute approximate surface area is 102 Å². The fourth-order valence-corrected chi connectivity index (χ4v) is 1.19. The van der Waals surface area contributed by atoms with E-state index in [0.29, 0.717) is 5.76 Å². The topological polar surface area (TPSA) is 135 Å². The second-order valence-electron chi connectivity index (χ2n) is 3.47. The number of carboxylic acids is 1. The van der Waals surface area contributed by atoms with Crippen molar-refractivity contribution in [3.8, 4) is 0 Å². The Morgan fingerprint density at radius 1 is 1.44 bits per heavy atom. The summed E-state index contributed by atoms with van der Waals surface area (Å²) in [6.45, 7) is 0.113. The van der Waals surface area contributed by atoms with E-state index in [-0.39, 0.29) is 6.54 Å². The molecule has 0 saturated heterocycles. The lowest BCUT2D eigenvalue weighted by atomic mass is 10.2. The lowest BCUT2D eigenvalue weighted by Crippen LogP contribution is -2.47. The summed E-state index contributed by atoms with van der Waals surface area (Å²) in [7, 11) is 0. The molecule has 0 saturated carbocycles. The monoisotopic (exact) mass is 255 g/mol. The summed E-state index contributed by atoms with van der Waals surface area (Å²) in [4.78, 5) is 32.7. The smallest absolute Gasteiger partial charge is 0.326 e. The van der Waals surface area contributed by atoms with Crippen LogP contribution in [0.1, 0.15) is 12.2 Å². The third-order valence-corrected chi connectivity index (χ3v) is 2.01. The number of furan rings is 1. The predicted molar refractivity (Wildman–Crippen MR) is 59.3 cm³/mol. The number of nitrogens with one attached hydrogen (secondary N) is 2. The Kier molecular flexibility index (Phi) is 4.73. The van der Waals surface area contributed by atoms with Gasteiger partial charge in [-0.3, -0.25) is 4.79 Å². The van der Waals surface area contributed by atoms with Crippen LogP contribution in [0.5, 0.6) is 0 Å². The van der Waals surface area contributed by atoms with Crippen LogP contribution in [-0.4, -0.2) is 29.1 Å². The van der Waals surface area contributed by atoms with Crippen molar-refractivity contribution < 1.29 is 23.9 Å². The van der Waals surface area contributed by atoms with Gasteiger partial charge in [0, 0.05) is 0 Å². The van der Waals surface area contributed by atoms with Gasteiger partial charge in [0.25, 0.3) is 0 Å². The molecule has 0 aliphatic carbocycles. The van der Waals surface area contributed by atoms with Crippen LogP contribution in [0.4, 0.5) is 4.79 Å². The SMILES string of the molecule is NC(=O)C[C@@H](NC(=O)NCc1ccco1)C(=O)O. The van der Waals surface area contributed by atoms with Gasteiger partial charge in [-0.2, -0.15) is 0 Å². The van der Waals surface area contributed by atoms with E-state index in [1.165, 1.54) is 6.26 Å². The van der Waals surface area contributed by atoms with Gasteiger partial charge < -0.3 is 25.9 Å². The Morgan fingerprint density at radius 3 is 2.67 bits per heavy atom. The molecule has 5 N–H and O–H groups in total. The number of hydrogen-bond donors (Lipinski definition) is 4. The van der Waals surface area contributed by atoms with Gasteiger partial charge in [-0.15, -0.1) is 0 Å². The fraction of sp³-hybridized carbons (Fsp3) is 0.300. The summed E-state index contributed by atoms with van der Waals surface area (Å²) >= 11 is 0. The first kappa shape index (κ1) is 13.6. The molecule has 0 fully saturated rings. The van der Waals surface area contributed by atoms with Gasteiger partial charge in [-0.05, 0) is 12.1 Å². The summed E-state index contributed by atoms with van der Waals surface area (Å²) in [5, 5.41) is 13.3. The van der Waals surface area contributed by atoms with E-state index >= 15 is 0 Å². The van der Waals surface area contributed by atoms with Crippen molar-refractivity contribution >= 4 is 17.9 Å². The average molecular weight is 255 g/mol. The summed E-state index contributed by atoms with van der Waals surface area (Å²) < 4.78 is 4.97. The highest BCUT2D eigenvalue weighted by atomic mass is 16.4. The standard InChI is InChI=1S/C10H13N3O5/c11-8(14)4-7(9(15)16)13-10(17)12-5-6-2-1-3-18-6/h1-3,7H,4-5H2,(H2,11,14)(H,15,16)(H2,12,13,17)/t7-/m1/s1. The molecule has 8 heteroatoms. The molecule has 3 amide bonds. The third kappa shape index (κ3) is 4.56. The third-order valence-electron chi connectivity index (χ3n) is 2.01. The molecule has 1 atom stereocenters. The fourth-order valence-electron chi connectivity index (χ4n) is 1.19. The van der Waals surface area contributed by atoms with Crippen molar-refractivity contribution in [1.29, 1.82) is 0 Å². The zero-order valence-corrected chi connectivity index (χ0v) is 9.38. The maximum Gasteiger partial charge on any atom is 0.326 e. The predicted octanol–water partition coefficient (Wildman–Crippen LogP) is -0.593. The lowest BCUT2D eigenvalue weighted by molar-refractivity contribution is -0.140. The van der Waals surface area contributed by atoms with Gasteiger partial charge in [-0.1, -0.05) is 0 Å². The van der Waals surface area contributed by atoms with Crippen molar-refractivity contribution in [2.45, 2.75) is 19.0 Å². The van der Waals surface area contributed by atoms with Gasteiger partial charge in [0.1, 0.15) is 11.8 Å². The van der Waals surface area contributed by atoms with Gasteiger partial charge in [0.05, 0.1) is 19.2 Å². The van der Waals surface area contributed by atoms with Crippen LogP contribution >= 0.6 is 0 Å². The molecule has 0 bridgehead atoms. The number of carbonyl (C=O) groups is 3. The average Bonchev–Trinajstić information content (AvgIpc) is 2.77. The van der Waals surface area contributed by atoms with Crippen LogP contribution in [0.3, 0.4) is 0 Å². The molecular formula is C10H13N3O5. The zero-order chi connectivity index (χ0) is 13.5. The number of aliphatic carboxylic acids is 1. The summed E-state index contributed by atoms with van der Waals surface area (Å²) in [5.41, 5.74) is 4.87. The molecule has 0 radical (unpaired) electrons. The van der Waals surface area contributed by atoms with E-state index in [9.17, 15) is 14.4 Å². The molecule has 1 aromatic heterocycles. The molecule has 1 rings (SSSR count). The van der Waals surface area contributed by atoms with E-state index in [2.05, 4.69) is 10.6 Å². The Balaban J connectivity index is 2.41. The Bertz CT molecular complexity index is 429. The number of rotatable bonds is 6. The molecule has 98 valence electrons. The quantitative estimate of drug-likeness (QED) is 0.538. The van der Waals surface area contributed by atoms with E-state index in [1.807, 2.05) is 0 Å². The maximum absolute atomic E-state index is 11.4. The van der Waals surface area contributed by atoms with Crippen molar-refractivity contribution in [1.82, 2.24) is 10.6 Å². The number of carbonyl (C=O) groups excluding carboxylic acids is 2. The molecule has 18 heavy (non-hydrogen) atoms. The highest BCUT2D eigenvalue weighted by Gasteiger charge is 2.21. The number of nitrogens with two attached hydrogens (primary N) is 1. The Hall–Kier alpha value is -2.51. The van der Waals surface area contributed by atoms with Crippen LogP contribution < -0.4 is 16.4 Å². The van der Waals surface area contributed by atoms with Crippen molar-refractivity contribution in [3.05, 3.63) is 24.2 Å². The minimum absolute atomic E-state index is 0.113. The molecule has 1 heterocycles. The molecule has 0 unspecified atom stereocenters. The second kappa shape index (κ2) is 6.28. The van der Waals surface area contributed by atoms with Crippen molar-refractivity contribution in [3.63, 3.8) is 0 Å². The second-order valence-corrected chi connectivity index (χ2v) is 3.47. The number of carboxylic acid groups (broad SMARTS) is 1. The summed E-state index contributed by atoms with van der Waals surface area (Å²) in [6.07, 6.45) is 0.978. The maximum atomic E-state index is 11.4. The number of urea groups is 1. The first-order valence-electron chi connectivity index (χ1n) is 5.07. The van der Waals surface area contributed by atoms with E-state index < -0.39 is 30.4 Å². The molecule has 0 aliphatic heterocycles. The van der Waals surface area contributed by atoms with Gasteiger partial charge in [0.2, 0.25) is 5.91 Å². The van der Waals surface area contributed by atoms with E-state index in [4.69, 9.17) is 15.3 Å². The highest BCUT2D eigenvalue weighted by Crippen LogP contribution is 1.98. The van der Waals surface area contributed by atoms with Gasteiger partial charge in [-0.25, -0.2) is 9.59 Å². The van der Waals surface area contributed by atoms with Crippen LogP contribution in [-0.2, 0) is 16.1 Å². The zero-order valence-electron chi connectivity index (χ0n) is 9.38. The first-order valence-corrected chi connectivity index (χ1v) is 5.07. The van der Waals surface area contributed by atoms with E-state index in [0.717, 1.165) is 0 Å². The first-order chi connectivity index (χ1) is 8.49. The van der Waals surface area contributed by atoms with Crippen molar-refractivity contribution in [2.75, 3.05) is 0 Å². The Morgan fingerprint density at radius 2 is 2.17 bits per heavy atom. The molecule has 8 nitrogen and oxygen atoms in total. The van der Waals surface area contributed by atoms with Crippen LogP contribution in [0.2, 0.25) is 0 Å². The van der Waals surface area contributed by atoms with Crippen LogP contribution in [0, 0.1) is 0 Å². The number of primary amides is 1. The highest BCUT2D eigenvalue weighted by molar-refractivity contribution is 5.87. The molecular weight excluding hydrogens is 242 g/mol. The van der Waals surface area contributed by atoms with Crippen molar-refractivity contribution in [2.24, 2.45) is 5.73 Å². The largest absolute Gasteiger partial charge is 0.480 e. The van der Waals surface area contributed by atoms with E-state index in [1.54, 1.807) is 12.1 Å².